The number of fused-ring (bicyclic) bond motifs is 3. The summed E-state index contributed by atoms with van der Waals surface area (Å²) < 4.78 is 13.7. The molecule has 1 aromatic heterocycles. The van der Waals surface area contributed by atoms with Crippen molar-refractivity contribution in [1.82, 2.24) is 4.98 Å². The predicted octanol–water partition coefficient (Wildman–Crippen LogP) is 5.80. The minimum Gasteiger partial charge on any atom is -0.484 e. The molecule has 4 aromatic rings. The first-order valence-corrected chi connectivity index (χ1v) is 13.0. The number of rotatable bonds is 7. The number of quaternary nitrogens is 1. The Balaban J connectivity index is 1.26. The van der Waals surface area contributed by atoms with Crippen LogP contribution in [0.15, 0.2) is 95.5 Å². The van der Waals surface area contributed by atoms with Crippen molar-refractivity contribution in [2.75, 3.05) is 19.6 Å². The molecule has 7 rings (SSSR count). The Bertz CT molecular complexity index is 1280. The Labute approximate surface area is 216 Å². The highest BCUT2D eigenvalue weighted by molar-refractivity contribution is 6.30. The fourth-order valence-corrected chi connectivity index (χ4v) is 6.12. The molecule has 0 radical (unpaired) electrons. The van der Waals surface area contributed by atoms with Gasteiger partial charge >= 0.3 is 0 Å². The molecular weight excluding hydrogens is 472 g/mol. The molecule has 0 aliphatic carbocycles. The molecule has 0 saturated carbocycles. The second-order valence-electron chi connectivity index (χ2n) is 10.2. The second-order valence-corrected chi connectivity index (χ2v) is 10.6. The van der Waals surface area contributed by atoms with E-state index in [9.17, 15) is 5.11 Å². The number of ether oxygens (including phenoxy) is 1. The summed E-state index contributed by atoms with van der Waals surface area (Å²) in [5.74, 6) is 2.48. The lowest BCUT2D eigenvalue weighted by Gasteiger charge is -2.51. The van der Waals surface area contributed by atoms with Crippen LogP contribution >= 0.6 is 11.6 Å². The van der Waals surface area contributed by atoms with Crippen LogP contribution in [0.3, 0.4) is 0 Å². The summed E-state index contributed by atoms with van der Waals surface area (Å²) in [4.78, 5) is 4.61. The Hall–Kier alpha value is -3.12. The average molecular weight is 502 g/mol. The highest BCUT2D eigenvalue weighted by Crippen LogP contribution is 2.40. The minimum atomic E-state index is -1.46. The van der Waals surface area contributed by atoms with Gasteiger partial charge in [-0.15, -0.1) is 0 Å². The lowest BCUT2D eigenvalue weighted by Crippen LogP contribution is -2.64. The number of piperidine rings is 3. The first-order valence-electron chi connectivity index (χ1n) is 12.6. The van der Waals surface area contributed by atoms with Gasteiger partial charge < -0.3 is 18.7 Å². The molecule has 5 nitrogen and oxygen atoms in total. The van der Waals surface area contributed by atoms with Gasteiger partial charge in [0.15, 0.2) is 17.5 Å². The molecule has 36 heavy (non-hydrogen) atoms. The van der Waals surface area contributed by atoms with Crippen molar-refractivity contribution in [3.8, 4) is 5.75 Å². The first-order chi connectivity index (χ1) is 17.5. The second kappa shape index (κ2) is 9.40. The first kappa shape index (κ1) is 23.3. The maximum Gasteiger partial charge on any atom is 0.236 e. The van der Waals surface area contributed by atoms with Gasteiger partial charge in [-0.2, -0.15) is 0 Å². The quantitative estimate of drug-likeness (QED) is 0.325. The fourth-order valence-electron chi connectivity index (χ4n) is 5.94. The van der Waals surface area contributed by atoms with Crippen molar-refractivity contribution in [3.05, 3.63) is 119 Å². The van der Waals surface area contributed by atoms with Crippen molar-refractivity contribution in [1.29, 1.82) is 0 Å². The molecule has 1 atom stereocenters. The Morgan fingerprint density at radius 1 is 0.944 bits per heavy atom. The van der Waals surface area contributed by atoms with E-state index in [1.807, 2.05) is 84.9 Å². The largest absolute Gasteiger partial charge is 0.484 e. The number of benzene rings is 3. The number of aromatic nitrogens is 1. The molecule has 1 unspecified atom stereocenters. The SMILES string of the molecule is OC(c1ccccc1)(c1ccccc1)c1ncc(C[N+]23CCC(CC2)C(Oc2cccc(Cl)c2)C3)o1. The van der Waals surface area contributed by atoms with Crippen LogP contribution in [0, 0.1) is 5.92 Å². The molecule has 3 aliphatic rings. The number of hydrogen-bond donors (Lipinski definition) is 1. The predicted molar refractivity (Wildman–Crippen MR) is 139 cm³/mol. The topological polar surface area (TPSA) is 55.5 Å². The van der Waals surface area contributed by atoms with E-state index in [2.05, 4.69) is 4.98 Å². The van der Waals surface area contributed by atoms with Crippen LogP contribution in [0.25, 0.3) is 0 Å². The molecule has 4 heterocycles. The molecule has 3 aliphatic heterocycles. The van der Waals surface area contributed by atoms with Gasteiger partial charge in [0.05, 0.1) is 19.3 Å². The zero-order valence-corrected chi connectivity index (χ0v) is 20.8. The van der Waals surface area contributed by atoms with Gasteiger partial charge in [0.1, 0.15) is 18.8 Å². The van der Waals surface area contributed by atoms with E-state index in [1.54, 1.807) is 6.20 Å². The minimum absolute atomic E-state index is 0.152. The van der Waals surface area contributed by atoms with Crippen LogP contribution in [-0.4, -0.2) is 40.3 Å². The van der Waals surface area contributed by atoms with Crippen LogP contribution in [0.5, 0.6) is 5.75 Å². The van der Waals surface area contributed by atoms with Crippen LogP contribution in [-0.2, 0) is 12.1 Å². The molecular formula is C30H30ClN2O3+. The highest BCUT2D eigenvalue weighted by atomic mass is 35.5. The van der Waals surface area contributed by atoms with Crippen molar-refractivity contribution >= 4 is 11.6 Å². The van der Waals surface area contributed by atoms with Gasteiger partial charge in [-0.05, 0) is 29.3 Å². The third kappa shape index (κ3) is 4.32. The summed E-state index contributed by atoms with van der Waals surface area (Å²) in [5.41, 5.74) is -0.00993. The smallest absolute Gasteiger partial charge is 0.236 e. The van der Waals surface area contributed by atoms with Crippen LogP contribution in [0.4, 0.5) is 0 Å². The zero-order valence-electron chi connectivity index (χ0n) is 20.1. The van der Waals surface area contributed by atoms with Crippen LogP contribution in [0.1, 0.15) is 35.6 Å². The molecule has 3 saturated heterocycles. The Kier molecular flexibility index (Phi) is 6.08. The van der Waals surface area contributed by atoms with Crippen molar-refractivity contribution < 1.29 is 18.7 Å². The van der Waals surface area contributed by atoms with Gasteiger partial charge in [-0.1, -0.05) is 78.3 Å². The van der Waals surface area contributed by atoms with Crippen molar-refractivity contribution in [3.63, 3.8) is 0 Å². The van der Waals surface area contributed by atoms with Crippen LogP contribution < -0.4 is 4.74 Å². The number of halogens is 1. The van der Waals surface area contributed by atoms with Gasteiger partial charge in [0, 0.05) is 23.8 Å². The summed E-state index contributed by atoms with van der Waals surface area (Å²) in [6.07, 6.45) is 4.19. The molecule has 184 valence electrons. The zero-order chi connectivity index (χ0) is 24.6. The van der Waals surface area contributed by atoms with Gasteiger partial charge in [-0.3, -0.25) is 0 Å². The number of oxazole rings is 1. The van der Waals surface area contributed by atoms with E-state index >= 15 is 0 Å². The van der Waals surface area contributed by atoms with Crippen molar-refractivity contribution in [2.24, 2.45) is 5.92 Å². The molecule has 3 fully saturated rings. The molecule has 0 amide bonds. The fraction of sp³-hybridized carbons (Fsp3) is 0.300. The molecule has 6 heteroatoms. The average Bonchev–Trinajstić information content (AvgIpc) is 3.38. The summed E-state index contributed by atoms with van der Waals surface area (Å²) in [6, 6.07) is 26.9. The molecule has 0 spiro atoms. The summed E-state index contributed by atoms with van der Waals surface area (Å²) in [5, 5.41) is 12.7. The third-order valence-corrected chi connectivity index (χ3v) is 8.10. The van der Waals surface area contributed by atoms with E-state index in [1.165, 1.54) is 0 Å². The lowest BCUT2D eigenvalue weighted by atomic mass is 9.83. The maximum atomic E-state index is 12.0. The summed E-state index contributed by atoms with van der Waals surface area (Å²) in [6.45, 7) is 3.85. The summed E-state index contributed by atoms with van der Waals surface area (Å²) in [7, 11) is 0. The van der Waals surface area contributed by atoms with Gasteiger partial charge in [0.25, 0.3) is 0 Å². The maximum absolute atomic E-state index is 12.0. The van der Waals surface area contributed by atoms with E-state index in [4.69, 9.17) is 20.8 Å². The third-order valence-electron chi connectivity index (χ3n) is 7.86. The van der Waals surface area contributed by atoms with Crippen molar-refractivity contribution in [2.45, 2.75) is 31.1 Å². The molecule has 1 N–H and O–H groups in total. The number of hydrogen-bond acceptors (Lipinski definition) is 4. The van der Waals surface area contributed by atoms with E-state index < -0.39 is 5.60 Å². The van der Waals surface area contributed by atoms with E-state index in [0.717, 1.165) is 66.1 Å². The Morgan fingerprint density at radius 2 is 1.61 bits per heavy atom. The molecule has 2 bridgehead atoms. The number of aliphatic hydroxyl groups is 1. The normalized spacial score (nSPS) is 23.5. The van der Waals surface area contributed by atoms with Gasteiger partial charge in [-0.25, -0.2) is 4.98 Å². The highest BCUT2D eigenvalue weighted by Gasteiger charge is 2.48. The lowest BCUT2D eigenvalue weighted by molar-refractivity contribution is -0.958. The Morgan fingerprint density at radius 3 is 2.25 bits per heavy atom. The van der Waals surface area contributed by atoms with Gasteiger partial charge in [0.2, 0.25) is 5.89 Å². The monoisotopic (exact) mass is 501 g/mol. The van der Waals surface area contributed by atoms with Crippen LogP contribution in [0.2, 0.25) is 5.02 Å². The standard InChI is InChI=1S/C30H30ClN2O3/c31-25-12-7-13-26(18-25)35-28-21-33(16-14-22(28)15-17-33)20-27-19-32-29(36-27)30(34,23-8-3-1-4-9-23)24-10-5-2-6-11-24/h1-13,18-19,22,28,34H,14-17,20-21H2/q+1. The van der Waals surface area contributed by atoms with E-state index in [0.29, 0.717) is 16.8 Å². The molecule has 3 aromatic carbocycles. The summed E-state index contributed by atoms with van der Waals surface area (Å²) >= 11 is 6.18. The number of nitrogens with zero attached hydrogens (tertiary/aromatic N) is 2. The van der Waals surface area contributed by atoms with E-state index in [-0.39, 0.29) is 6.10 Å².